The lowest BCUT2D eigenvalue weighted by molar-refractivity contribution is 0.00572. The van der Waals surface area contributed by atoms with E-state index in [1.54, 1.807) is 11.3 Å². The molecule has 1 aromatic heterocycles. The number of aliphatic hydroxyl groups excluding tert-OH is 1. The molecule has 0 aliphatic carbocycles. The first kappa shape index (κ1) is 17.1. The van der Waals surface area contributed by atoms with E-state index in [2.05, 4.69) is 32.0 Å². The van der Waals surface area contributed by atoms with E-state index >= 15 is 0 Å². The monoisotopic (exact) mass is 340 g/mol. The third kappa shape index (κ3) is 4.64. The predicted molar refractivity (Wildman–Crippen MR) is 93.4 cm³/mol. The van der Waals surface area contributed by atoms with Gasteiger partial charge >= 0.3 is 0 Å². The summed E-state index contributed by atoms with van der Waals surface area (Å²) in [6.45, 7) is 12.2. The van der Waals surface area contributed by atoms with E-state index < -0.39 is 0 Å². The molecule has 7 heteroatoms. The molecule has 23 heavy (non-hydrogen) atoms. The van der Waals surface area contributed by atoms with E-state index in [1.807, 2.05) is 6.92 Å². The quantitative estimate of drug-likeness (QED) is 0.850. The second kappa shape index (κ2) is 7.90. The maximum Gasteiger partial charge on any atom is 0.185 e. The summed E-state index contributed by atoms with van der Waals surface area (Å²) in [4.78, 5) is 11.7. The number of aromatic nitrogens is 1. The van der Waals surface area contributed by atoms with Gasteiger partial charge in [0.25, 0.3) is 0 Å². The van der Waals surface area contributed by atoms with Crippen LogP contribution >= 0.6 is 11.3 Å². The number of morpholine rings is 1. The summed E-state index contributed by atoms with van der Waals surface area (Å²) in [7, 11) is 0. The molecule has 2 aliphatic heterocycles. The number of hydrogen-bond donors (Lipinski definition) is 1. The Kier molecular flexibility index (Phi) is 5.87. The van der Waals surface area contributed by atoms with E-state index in [0.29, 0.717) is 6.04 Å². The van der Waals surface area contributed by atoms with Crippen molar-refractivity contribution >= 4 is 16.5 Å². The Morgan fingerprint density at radius 3 is 2.65 bits per heavy atom. The lowest BCUT2D eigenvalue weighted by Gasteiger charge is -2.41. The lowest BCUT2D eigenvalue weighted by atomic mass is 10.2. The van der Waals surface area contributed by atoms with Gasteiger partial charge in [0.15, 0.2) is 5.13 Å². The minimum absolute atomic E-state index is 0.283. The topological polar surface area (TPSA) is 52.1 Å². The fraction of sp³-hybridized carbons (Fsp3) is 0.812. The number of aryl methyl sites for hydroxylation is 1. The summed E-state index contributed by atoms with van der Waals surface area (Å²) in [5.74, 6) is 0. The molecule has 130 valence electrons. The van der Waals surface area contributed by atoms with Crippen molar-refractivity contribution in [1.29, 1.82) is 0 Å². The largest absolute Gasteiger partial charge is 0.390 e. The van der Waals surface area contributed by atoms with E-state index in [1.165, 1.54) is 0 Å². The Bertz CT molecular complexity index is 492. The molecule has 2 fully saturated rings. The van der Waals surface area contributed by atoms with Gasteiger partial charge in [0.2, 0.25) is 0 Å². The molecule has 1 aromatic rings. The van der Waals surface area contributed by atoms with Gasteiger partial charge in [0, 0.05) is 57.2 Å². The third-order valence-corrected chi connectivity index (χ3v) is 5.60. The standard InChI is InChI=1S/C16H28N4O2S/c1-13-12-23-16(17-13)20-4-3-19(9-14(20)2)11-15(21)10-18-5-7-22-8-6-18/h12,14-15,21H,3-11H2,1-2H3. The van der Waals surface area contributed by atoms with Gasteiger partial charge in [-0.15, -0.1) is 11.3 Å². The van der Waals surface area contributed by atoms with Crippen LogP contribution in [0.3, 0.4) is 0 Å². The zero-order valence-electron chi connectivity index (χ0n) is 14.1. The highest BCUT2D eigenvalue weighted by atomic mass is 32.1. The van der Waals surface area contributed by atoms with Gasteiger partial charge in [-0.1, -0.05) is 0 Å². The van der Waals surface area contributed by atoms with Gasteiger partial charge in [-0.2, -0.15) is 0 Å². The maximum absolute atomic E-state index is 10.4. The smallest absolute Gasteiger partial charge is 0.185 e. The molecule has 0 saturated carbocycles. The van der Waals surface area contributed by atoms with Crippen LogP contribution in [0.5, 0.6) is 0 Å². The van der Waals surface area contributed by atoms with Crippen molar-refractivity contribution in [2.45, 2.75) is 26.0 Å². The minimum atomic E-state index is -0.283. The van der Waals surface area contributed by atoms with E-state index in [0.717, 1.165) is 69.9 Å². The van der Waals surface area contributed by atoms with Crippen molar-refractivity contribution in [3.8, 4) is 0 Å². The maximum atomic E-state index is 10.4. The number of thiazole rings is 1. The van der Waals surface area contributed by atoms with Crippen molar-refractivity contribution in [2.75, 3.05) is 63.9 Å². The van der Waals surface area contributed by atoms with E-state index in [-0.39, 0.29) is 6.10 Å². The highest BCUT2D eigenvalue weighted by Crippen LogP contribution is 2.24. The van der Waals surface area contributed by atoms with Crippen LogP contribution in [0.1, 0.15) is 12.6 Å². The molecule has 0 bridgehead atoms. The molecule has 2 saturated heterocycles. The van der Waals surface area contributed by atoms with Crippen molar-refractivity contribution in [2.24, 2.45) is 0 Å². The number of β-amino-alcohol motifs (C(OH)–C–C–N with tert-alkyl or cyclic N) is 1. The molecular formula is C16H28N4O2S. The molecule has 1 N–H and O–H groups in total. The van der Waals surface area contributed by atoms with Crippen LogP contribution in [0.4, 0.5) is 5.13 Å². The number of rotatable bonds is 5. The fourth-order valence-corrected chi connectivity index (χ4v) is 4.33. The lowest BCUT2D eigenvalue weighted by Crippen LogP contribution is -2.54. The zero-order valence-corrected chi connectivity index (χ0v) is 15.0. The Morgan fingerprint density at radius 2 is 2.00 bits per heavy atom. The third-order valence-electron chi connectivity index (χ3n) is 4.61. The number of hydrogen-bond acceptors (Lipinski definition) is 7. The van der Waals surface area contributed by atoms with Crippen LogP contribution in [0, 0.1) is 6.92 Å². The van der Waals surface area contributed by atoms with Crippen LogP contribution in [0.15, 0.2) is 5.38 Å². The van der Waals surface area contributed by atoms with Gasteiger partial charge in [0.1, 0.15) is 0 Å². The molecule has 0 radical (unpaired) electrons. The SMILES string of the molecule is Cc1csc(N2CCN(CC(O)CN3CCOCC3)CC2C)n1. The van der Waals surface area contributed by atoms with Crippen LogP contribution < -0.4 is 4.90 Å². The summed E-state index contributed by atoms with van der Waals surface area (Å²) < 4.78 is 5.36. The molecule has 2 aliphatic rings. The molecule has 0 aromatic carbocycles. The van der Waals surface area contributed by atoms with Gasteiger partial charge in [-0.3, -0.25) is 9.80 Å². The summed E-state index contributed by atoms with van der Waals surface area (Å²) >= 11 is 1.73. The Labute approximate surface area is 142 Å². The van der Waals surface area contributed by atoms with Gasteiger partial charge < -0.3 is 14.7 Å². The average molecular weight is 340 g/mol. The van der Waals surface area contributed by atoms with Crippen molar-refractivity contribution in [1.82, 2.24) is 14.8 Å². The number of aliphatic hydroxyl groups is 1. The zero-order chi connectivity index (χ0) is 16.2. The first-order valence-corrected chi connectivity index (χ1v) is 9.39. The fourth-order valence-electron chi connectivity index (χ4n) is 3.39. The second-order valence-electron chi connectivity index (χ2n) is 6.64. The van der Waals surface area contributed by atoms with E-state index in [4.69, 9.17) is 4.74 Å². The molecule has 0 amide bonds. The summed E-state index contributed by atoms with van der Waals surface area (Å²) in [6, 6.07) is 0.435. The highest BCUT2D eigenvalue weighted by molar-refractivity contribution is 7.13. The average Bonchev–Trinajstić information content (AvgIpc) is 2.94. The predicted octanol–water partition coefficient (Wildman–Crippen LogP) is 0.655. The van der Waals surface area contributed by atoms with Crippen molar-refractivity contribution < 1.29 is 9.84 Å². The molecule has 3 heterocycles. The Hall–Kier alpha value is -0.730. The minimum Gasteiger partial charge on any atom is -0.390 e. The van der Waals surface area contributed by atoms with Crippen molar-refractivity contribution in [3.05, 3.63) is 11.1 Å². The number of piperazine rings is 1. The number of ether oxygens (including phenoxy) is 1. The molecule has 3 rings (SSSR count). The summed E-state index contributed by atoms with van der Waals surface area (Å²) in [5, 5.41) is 13.6. The van der Waals surface area contributed by atoms with Crippen LogP contribution in [0.2, 0.25) is 0 Å². The summed E-state index contributed by atoms with van der Waals surface area (Å²) in [5.41, 5.74) is 1.10. The van der Waals surface area contributed by atoms with Crippen molar-refractivity contribution in [3.63, 3.8) is 0 Å². The van der Waals surface area contributed by atoms with Gasteiger partial charge in [-0.05, 0) is 13.8 Å². The number of anilines is 1. The second-order valence-corrected chi connectivity index (χ2v) is 7.48. The Morgan fingerprint density at radius 1 is 1.26 bits per heavy atom. The van der Waals surface area contributed by atoms with Gasteiger partial charge in [-0.25, -0.2) is 4.98 Å². The first-order valence-electron chi connectivity index (χ1n) is 8.51. The van der Waals surface area contributed by atoms with Crippen LogP contribution in [0.25, 0.3) is 0 Å². The van der Waals surface area contributed by atoms with Crippen LogP contribution in [-0.2, 0) is 4.74 Å². The summed E-state index contributed by atoms with van der Waals surface area (Å²) in [6.07, 6.45) is -0.283. The van der Waals surface area contributed by atoms with Gasteiger partial charge in [0.05, 0.1) is 25.0 Å². The highest BCUT2D eigenvalue weighted by Gasteiger charge is 2.27. The van der Waals surface area contributed by atoms with E-state index in [9.17, 15) is 5.11 Å². The molecule has 2 unspecified atom stereocenters. The Balaban J connectivity index is 1.45. The first-order chi connectivity index (χ1) is 11.1. The molecule has 6 nitrogen and oxygen atoms in total. The molecule has 0 spiro atoms. The number of nitrogens with zero attached hydrogens (tertiary/aromatic N) is 4. The normalized spacial score (nSPS) is 25.7. The van der Waals surface area contributed by atoms with Crippen LogP contribution in [-0.4, -0.2) is 91.1 Å². The molecule has 2 atom stereocenters. The molecular weight excluding hydrogens is 312 g/mol.